The van der Waals surface area contributed by atoms with Crippen LogP contribution in [-0.4, -0.2) is 15.9 Å². The third kappa shape index (κ3) is 3.71. The first-order valence-corrected chi connectivity index (χ1v) is 8.97. The van der Waals surface area contributed by atoms with E-state index in [1.165, 1.54) is 6.20 Å². The first kappa shape index (κ1) is 18.3. The summed E-state index contributed by atoms with van der Waals surface area (Å²) in [7, 11) is 0. The van der Waals surface area contributed by atoms with Crippen molar-refractivity contribution >= 4 is 29.0 Å². The molecule has 1 aromatic carbocycles. The van der Waals surface area contributed by atoms with Crippen LogP contribution in [0.15, 0.2) is 36.5 Å². The molecule has 0 saturated carbocycles. The lowest BCUT2D eigenvalue weighted by Crippen LogP contribution is -2.36. The average Bonchev–Trinajstić information content (AvgIpc) is 2.60. The molecular formula is C19H18Cl2FNO2. The zero-order valence-electron chi connectivity index (χ0n) is 13.5. The monoisotopic (exact) mass is 381 g/mol. The number of aliphatic hydroxyl groups excluding tert-OH is 1. The highest BCUT2D eigenvalue weighted by molar-refractivity contribution is 6.35. The van der Waals surface area contributed by atoms with Gasteiger partial charge < -0.3 is 5.11 Å². The van der Waals surface area contributed by atoms with Crippen LogP contribution < -0.4 is 0 Å². The summed E-state index contributed by atoms with van der Waals surface area (Å²) in [5.41, 5.74) is -0.728. The number of rotatable bonds is 5. The van der Waals surface area contributed by atoms with Crippen LogP contribution in [0.3, 0.4) is 0 Å². The molecule has 0 radical (unpaired) electrons. The van der Waals surface area contributed by atoms with Gasteiger partial charge in [-0.2, -0.15) is 0 Å². The molecule has 1 heterocycles. The normalized spacial score (nSPS) is 22.5. The number of aliphatic hydroxyl groups is 1. The quantitative estimate of drug-likeness (QED) is 0.794. The van der Waals surface area contributed by atoms with Gasteiger partial charge in [0.1, 0.15) is 0 Å². The SMILES string of the molecule is O=C(CCCc1ccc(Cl)cc1Cl)[C@]1(F)CC[C@H](O)c2ncccc21. The Morgan fingerprint density at radius 2 is 2.16 bits per heavy atom. The summed E-state index contributed by atoms with van der Waals surface area (Å²) in [6.45, 7) is 0. The molecule has 0 bridgehead atoms. The van der Waals surface area contributed by atoms with Gasteiger partial charge in [-0.05, 0) is 49.4 Å². The number of pyridine rings is 1. The Morgan fingerprint density at radius 3 is 2.92 bits per heavy atom. The fourth-order valence-electron chi connectivity index (χ4n) is 3.28. The molecule has 0 aliphatic heterocycles. The number of aryl methyl sites for hydroxylation is 1. The Bertz CT molecular complexity index is 799. The van der Waals surface area contributed by atoms with Crippen molar-refractivity contribution in [2.24, 2.45) is 0 Å². The highest BCUT2D eigenvalue weighted by atomic mass is 35.5. The number of hydrogen-bond donors (Lipinski definition) is 1. The summed E-state index contributed by atoms with van der Waals surface area (Å²) in [4.78, 5) is 16.6. The van der Waals surface area contributed by atoms with Crippen LogP contribution in [0.5, 0.6) is 0 Å². The van der Waals surface area contributed by atoms with E-state index in [0.29, 0.717) is 22.9 Å². The smallest absolute Gasteiger partial charge is 0.195 e. The van der Waals surface area contributed by atoms with Gasteiger partial charge in [0, 0.05) is 28.2 Å². The fourth-order valence-corrected chi connectivity index (χ4v) is 3.78. The van der Waals surface area contributed by atoms with Crippen LogP contribution in [0.1, 0.15) is 48.6 Å². The van der Waals surface area contributed by atoms with E-state index in [4.69, 9.17) is 23.2 Å². The molecule has 1 aliphatic rings. The molecule has 0 spiro atoms. The van der Waals surface area contributed by atoms with Gasteiger partial charge in [0.15, 0.2) is 11.5 Å². The zero-order valence-corrected chi connectivity index (χ0v) is 15.0. The standard InChI is InChI=1S/C19H18Cl2FNO2/c20-13-7-6-12(15(21)11-13)3-1-5-17(25)19(22)9-8-16(24)18-14(19)4-2-10-23-18/h2,4,6-7,10-11,16,24H,1,3,5,8-9H2/t16-,19-/m0/s1. The highest BCUT2D eigenvalue weighted by Gasteiger charge is 2.45. The second-order valence-electron chi connectivity index (χ2n) is 6.30. The lowest BCUT2D eigenvalue weighted by molar-refractivity contribution is -0.133. The molecule has 1 aromatic heterocycles. The van der Waals surface area contributed by atoms with Gasteiger partial charge in [-0.15, -0.1) is 0 Å². The minimum atomic E-state index is -2.08. The summed E-state index contributed by atoms with van der Waals surface area (Å²) in [5, 5.41) is 11.1. The molecule has 6 heteroatoms. The molecular weight excluding hydrogens is 364 g/mol. The Hall–Kier alpha value is -1.49. The predicted octanol–water partition coefficient (Wildman–Crippen LogP) is 4.97. The van der Waals surface area contributed by atoms with Crippen molar-refractivity contribution in [3.8, 4) is 0 Å². The largest absolute Gasteiger partial charge is 0.387 e. The van der Waals surface area contributed by atoms with Crippen LogP contribution in [0.2, 0.25) is 10.0 Å². The zero-order chi connectivity index (χ0) is 18.0. The second kappa shape index (κ2) is 7.40. The first-order valence-electron chi connectivity index (χ1n) is 8.21. The molecule has 0 unspecified atom stereocenters. The van der Waals surface area contributed by atoms with Crippen molar-refractivity contribution in [3.63, 3.8) is 0 Å². The maximum atomic E-state index is 15.4. The number of Topliss-reactive ketones (excluding diaryl/α,β-unsaturated/α-hetero) is 1. The van der Waals surface area contributed by atoms with Gasteiger partial charge >= 0.3 is 0 Å². The van der Waals surface area contributed by atoms with E-state index in [1.54, 1.807) is 24.3 Å². The number of carbonyl (C=O) groups is 1. The van der Waals surface area contributed by atoms with Gasteiger partial charge in [0.2, 0.25) is 0 Å². The number of benzene rings is 1. The van der Waals surface area contributed by atoms with Crippen LogP contribution >= 0.6 is 23.2 Å². The molecule has 2 aromatic rings. The van der Waals surface area contributed by atoms with E-state index in [0.717, 1.165) is 5.56 Å². The van der Waals surface area contributed by atoms with Crippen molar-refractivity contribution in [3.05, 3.63) is 63.4 Å². The summed E-state index contributed by atoms with van der Waals surface area (Å²) in [5.74, 6) is -0.473. The predicted molar refractivity (Wildman–Crippen MR) is 95.6 cm³/mol. The number of fused-ring (bicyclic) bond motifs is 1. The number of alkyl halides is 1. The summed E-state index contributed by atoms with van der Waals surface area (Å²) in [6, 6.07) is 8.34. The van der Waals surface area contributed by atoms with Crippen molar-refractivity contribution in [2.75, 3.05) is 0 Å². The van der Waals surface area contributed by atoms with Crippen LogP contribution in [0, 0.1) is 0 Å². The van der Waals surface area contributed by atoms with E-state index in [9.17, 15) is 9.90 Å². The van der Waals surface area contributed by atoms with Gasteiger partial charge in [0.05, 0.1) is 11.8 Å². The van der Waals surface area contributed by atoms with Gasteiger partial charge in [-0.3, -0.25) is 9.78 Å². The lowest BCUT2D eigenvalue weighted by atomic mass is 9.77. The van der Waals surface area contributed by atoms with E-state index >= 15 is 4.39 Å². The number of ketones is 1. The molecule has 3 nitrogen and oxygen atoms in total. The molecule has 3 rings (SSSR count). The van der Waals surface area contributed by atoms with E-state index < -0.39 is 17.6 Å². The third-order valence-corrected chi connectivity index (χ3v) is 5.24. The number of aromatic nitrogens is 1. The Kier molecular flexibility index (Phi) is 5.42. The minimum Gasteiger partial charge on any atom is -0.387 e. The number of carbonyl (C=O) groups excluding carboxylic acids is 1. The van der Waals surface area contributed by atoms with Crippen molar-refractivity contribution in [1.29, 1.82) is 0 Å². The molecule has 0 fully saturated rings. The fraction of sp³-hybridized carbons (Fsp3) is 0.368. The summed E-state index contributed by atoms with van der Waals surface area (Å²) >= 11 is 12.0. The summed E-state index contributed by atoms with van der Waals surface area (Å²) in [6.07, 6.45) is 2.01. The van der Waals surface area contributed by atoms with Crippen LogP contribution in [0.25, 0.3) is 0 Å². The molecule has 0 saturated heterocycles. The average molecular weight is 382 g/mol. The third-order valence-electron chi connectivity index (χ3n) is 4.65. The maximum absolute atomic E-state index is 15.4. The lowest BCUT2D eigenvalue weighted by Gasteiger charge is -2.32. The summed E-state index contributed by atoms with van der Waals surface area (Å²) < 4.78 is 15.4. The van der Waals surface area contributed by atoms with Gasteiger partial charge in [-0.25, -0.2) is 4.39 Å². The molecule has 0 amide bonds. The molecule has 1 N–H and O–H groups in total. The van der Waals surface area contributed by atoms with Crippen LogP contribution in [0.4, 0.5) is 4.39 Å². The Balaban J connectivity index is 1.70. The Labute approximate surface area is 155 Å². The first-order chi connectivity index (χ1) is 11.9. The number of nitrogens with zero attached hydrogens (tertiary/aromatic N) is 1. The second-order valence-corrected chi connectivity index (χ2v) is 7.15. The van der Waals surface area contributed by atoms with Crippen molar-refractivity contribution < 1.29 is 14.3 Å². The highest BCUT2D eigenvalue weighted by Crippen LogP contribution is 2.43. The van der Waals surface area contributed by atoms with E-state index in [2.05, 4.69) is 4.98 Å². The minimum absolute atomic E-state index is 0.0204. The van der Waals surface area contributed by atoms with Crippen molar-refractivity contribution in [2.45, 2.75) is 43.9 Å². The Morgan fingerprint density at radius 1 is 1.36 bits per heavy atom. The molecule has 132 valence electrons. The van der Waals surface area contributed by atoms with Gasteiger partial charge in [-0.1, -0.05) is 35.3 Å². The topological polar surface area (TPSA) is 50.2 Å². The van der Waals surface area contributed by atoms with E-state index in [1.807, 2.05) is 6.07 Å². The van der Waals surface area contributed by atoms with Crippen LogP contribution in [-0.2, 0) is 16.9 Å². The van der Waals surface area contributed by atoms with E-state index in [-0.39, 0.29) is 30.5 Å². The molecule has 25 heavy (non-hydrogen) atoms. The molecule has 1 aliphatic carbocycles. The number of halogens is 3. The van der Waals surface area contributed by atoms with Crippen molar-refractivity contribution in [1.82, 2.24) is 4.98 Å². The maximum Gasteiger partial charge on any atom is 0.195 e. The number of hydrogen-bond acceptors (Lipinski definition) is 3. The van der Waals surface area contributed by atoms with Gasteiger partial charge in [0.25, 0.3) is 0 Å². The molecule has 2 atom stereocenters.